The number of carbonyl (C=O) groups excluding carboxylic acids is 1. The zero-order valence-electron chi connectivity index (χ0n) is 17.4. The molecule has 0 atom stereocenters. The van der Waals surface area contributed by atoms with Gasteiger partial charge in [-0.2, -0.15) is 0 Å². The molecule has 0 fully saturated rings. The maximum absolute atomic E-state index is 11.1. The predicted octanol–water partition coefficient (Wildman–Crippen LogP) is 4.21. The minimum absolute atomic E-state index is 0. The van der Waals surface area contributed by atoms with Crippen molar-refractivity contribution in [3.05, 3.63) is 18.2 Å². The van der Waals surface area contributed by atoms with Gasteiger partial charge in [0, 0.05) is 31.3 Å². The molecule has 0 saturated carbocycles. The largest absolute Gasteiger partial charge is 0.493 e. The van der Waals surface area contributed by atoms with Crippen molar-refractivity contribution in [2.75, 3.05) is 39.2 Å². The van der Waals surface area contributed by atoms with Gasteiger partial charge in [0.1, 0.15) is 0 Å². The number of anilines is 1. The molecular formula is C20H34IN3O4. The van der Waals surface area contributed by atoms with Gasteiger partial charge in [-0.1, -0.05) is 12.8 Å². The average Bonchev–Trinajstić information content (AvgIpc) is 2.68. The second-order valence-electron chi connectivity index (χ2n) is 5.92. The van der Waals surface area contributed by atoms with Crippen LogP contribution in [-0.2, 0) is 9.53 Å². The van der Waals surface area contributed by atoms with E-state index in [1.807, 2.05) is 32.0 Å². The van der Waals surface area contributed by atoms with Crippen molar-refractivity contribution in [1.29, 1.82) is 0 Å². The number of hydrogen-bond acceptors (Lipinski definition) is 5. The van der Waals surface area contributed by atoms with Gasteiger partial charge in [0.2, 0.25) is 0 Å². The first-order chi connectivity index (χ1) is 13.1. The Morgan fingerprint density at radius 2 is 1.82 bits per heavy atom. The van der Waals surface area contributed by atoms with Crippen molar-refractivity contribution >= 4 is 41.6 Å². The summed E-state index contributed by atoms with van der Waals surface area (Å²) in [7, 11) is 3.05. The zero-order chi connectivity index (χ0) is 19.9. The number of benzene rings is 1. The molecule has 0 aliphatic heterocycles. The van der Waals surface area contributed by atoms with Gasteiger partial charge in [0.25, 0.3) is 0 Å². The van der Waals surface area contributed by atoms with E-state index in [9.17, 15) is 4.79 Å². The lowest BCUT2D eigenvalue weighted by molar-refractivity contribution is -0.140. The van der Waals surface area contributed by atoms with Gasteiger partial charge in [-0.3, -0.25) is 9.79 Å². The summed E-state index contributed by atoms with van der Waals surface area (Å²) < 4.78 is 15.6. The van der Waals surface area contributed by atoms with Crippen LogP contribution >= 0.6 is 24.0 Å². The number of unbranched alkanes of at least 4 members (excludes halogenated alkanes) is 3. The topological polar surface area (TPSA) is 81.2 Å². The molecule has 0 heterocycles. The minimum Gasteiger partial charge on any atom is -0.493 e. The van der Waals surface area contributed by atoms with Gasteiger partial charge in [-0.05, 0) is 38.8 Å². The third-order valence-corrected chi connectivity index (χ3v) is 3.86. The summed E-state index contributed by atoms with van der Waals surface area (Å²) in [5.74, 6) is 2.00. The Balaban J connectivity index is 0.00000729. The van der Waals surface area contributed by atoms with Crippen molar-refractivity contribution in [1.82, 2.24) is 5.32 Å². The van der Waals surface area contributed by atoms with Crippen molar-refractivity contribution in [2.24, 2.45) is 4.99 Å². The van der Waals surface area contributed by atoms with Crippen LogP contribution in [0.15, 0.2) is 23.2 Å². The molecule has 8 heteroatoms. The second kappa shape index (κ2) is 16.3. The fourth-order valence-electron chi connectivity index (χ4n) is 2.49. The molecular weight excluding hydrogens is 473 g/mol. The van der Waals surface area contributed by atoms with E-state index in [0.717, 1.165) is 56.2 Å². The van der Waals surface area contributed by atoms with E-state index in [-0.39, 0.29) is 29.9 Å². The van der Waals surface area contributed by atoms with Crippen LogP contribution in [0.3, 0.4) is 0 Å². The number of methoxy groups -OCH3 is 2. The third kappa shape index (κ3) is 10.6. The molecule has 0 unspecified atom stereocenters. The van der Waals surface area contributed by atoms with Gasteiger partial charge in [-0.15, -0.1) is 24.0 Å². The van der Waals surface area contributed by atoms with Crippen molar-refractivity contribution in [2.45, 2.75) is 46.0 Å². The Morgan fingerprint density at radius 1 is 1.07 bits per heavy atom. The Morgan fingerprint density at radius 3 is 2.46 bits per heavy atom. The van der Waals surface area contributed by atoms with Gasteiger partial charge in [0.05, 0.1) is 20.8 Å². The number of carbonyl (C=O) groups is 1. The molecule has 2 N–H and O–H groups in total. The maximum Gasteiger partial charge on any atom is 0.305 e. The van der Waals surface area contributed by atoms with Crippen LogP contribution in [0, 0.1) is 0 Å². The summed E-state index contributed by atoms with van der Waals surface area (Å²) in [6.07, 6.45) is 4.37. The fraction of sp³-hybridized carbons (Fsp3) is 0.600. The van der Waals surface area contributed by atoms with E-state index in [4.69, 9.17) is 9.47 Å². The lowest BCUT2D eigenvalue weighted by Crippen LogP contribution is -2.30. The van der Waals surface area contributed by atoms with Gasteiger partial charge < -0.3 is 24.8 Å². The van der Waals surface area contributed by atoms with Crippen LogP contribution in [-0.4, -0.2) is 45.8 Å². The normalized spacial score (nSPS) is 10.6. The zero-order valence-corrected chi connectivity index (χ0v) is 19.7. The number of nitrogens with one attached hydrogen (secondary N) is 2. The summed E-state index contributed by atoms with van der Waals surface area (Å²) in [5.41, 5.74) is 0.882. The first kappa shape index (κ1) is 26.3. The molecule has 1 aromatic rings. The number of esters is 1. The molecule has 1 rings (SSSR count). The minimum atomic E-state index is -0.141. The molecule has 0 saturated heterocycles. The quantitative estimate of drug-likeness (QED) is 0.145. The summed E-state index contributed by atoms with van der Waals surface area (Å²) in [5, 5.41) is 6.53. The van der Waals surface area contributed by atoms with Crippen LogP contribution in [0.5, 0.6) is 11.5 Å². The highest BCUT2D eigenvalue weighted by Crippen LogP contribution is 2.30. The fourth-order valence-corrected chi connectivity index (χ4v) is 2.49. The molecule has 28 heavy (non-hydrogen) atoms. The summed E-state index contributed by atoms with van der Waals surface area (Å²) >= 11 is 0. The van der Waals surface area contributed by atoms with Gasteiger partial charge in [-0.25, -0.2) is 0 Å². The Hall–Kier alpha value is -1.71. The first-order valence-electron chi connectivity index (χ1n) is 9.57. The molecule has 0 spiro atoms. The SMILES string of the molecule is CCNC(=NCCCCCCC(=O)OC)Nc1ccc(OCC)c(OC)c1.I. The van der Waals surface area contributed by atoms with E-state index >= 15 is 0 Å². The highest BCUT2D eigenvalue weighted by molar-refractivity contribution is 14.0. The van der Waals surface area contributed by atoms with E-state index in [2.05, 4.69) is 20.4 Å². The van der Waals surface area contributed by atoms with Crippen LogP contribution in [0.1, 0.15) is 46.0 Å². The van der Waals surface area contributed by atoms with Crippen LogP contribution in [0.4, 0.5) is 5.69 Å². The van der Waals surface area contributed by atoms with E-state index in [0.29, 0.717) is 18.8 Å². The summed E-state index contributed by atoms with van der Waals surface area (Å²) in [6.45, 7) is 6.06. The highest BCUT2D eigenvalue weighted by atomic mass is 127. The Bertz CT molecular complexity index is 597. The lowest BCUT2D eigenvalue weighted by atomic mass is 10.1. The van der Waals surface area contributed by atoms with Gasteiger partial charge >= 0.3 is 5.97 Å². The number of guanidine groups is 1. The van der Waals surface area contributed by atoms with Gasteiger partial charge in [0.15, 0.2) is 17.5 Å². The smallest absolute Gasteiger partial charge is 0.305 e. The summed E-state index contributed by atoms with van der Waals surface area (Å²) in [4.78, 5) is 15.7. The highest BCUT2D eigenvalue weighted by Gasteiger charge is 2.07. The monoisotopic (exact) mass is 507 g/mol. The first-order valence-corrected chi connectivity index (χ1v) is 9.57. The van der Waals surface area contributed by atoms with Crippen molar-refractivity contribution < 1.29 is 19.0 Å². The van der Waals surface area contributed by atoms with Crippen LogP contribution in [0.25, 0.3) is 0 Å². The van der Waals surface area contributed by atoms with Crippen LogP contribution in [0.2, 0.25) is 0 Å². The average molecular weight is 507 g/mol. The number of nitrogens with zero attached hydrogens (tertiary/aromatic N) is 1. The standard InChI is InChI=1S/C20H33N3O4.HI/c1-5-21-20(22-14-10-8-7-9-11-19(24)26-4)23-16-12-13-17(27-6-2)18(15-16)25-3;/h12-13,15H,5-11,14H2,1-4H3,(H2,21,22,23);1H. The lowest BCUT2D eigenvalue weighted by Gasteiger charge is -2.14. The number of hydrogen-bond donors (Lipinski definition) is 2. The number of aliphatic imine (C=N–C) groups is 1. The molecule has 7 nitrogen and oxygen atoms in total. The summed E-state index contributed by atoms with van der Waals surface area (Å²) in [6, 6.07) is 5.72. The molecule has 0 aliphatic carbocycles. The molecule has 1 aromatic carbocycles. The van der Waals surface area contributed by atoms with Crippen molar-refractivity contribution in [3.8, 4) is 11.5 Å². The molecule has 160 valence electrons. The number of ether oxygens (including phenoxy) is 3. The molecule has 0 radical (unpaired) electrons. The molecule has 0 bridgehead atoms. The number of halogens is 1. The van der Waals surface area contributed by atoms with Crippen molar-refractivity contribution in [3.63, 3.8) is 0 Å². The third-order valence-electron chi connectivity index (χ3n) is 3.86. The van der Waals surface area contributed by atoms with Crippen LogP contribution < -0.4 is 20.1 Å². The number of rotatable bonds is 12. The molecule has 0 amide bonds. The molecule has 0 aliphatic rings. The molecule has 0 aromatic heterocycles. The van der Waals surface area contributed by atoms with E-state index in [1.165, 1.54) is 7.11 Å². The maximum atomic E-state index is 11.1. The predicted molar refractivity (Wildman–Crippen MR) is 124 cm³/mol. The Kier molecular flexibility index (Phi) is 15.3. The van der Waals surface area contributed by atoms with E-state index < -0.39 is 0 Å². The van der Waals surface area contributed by atoms with E-state index in [1.54, 1.807) is 7.11 Å². The Labute approximate surface area is 185 Å². The second-order valence-corrected chi connectivity index (χ2v) is 5.92.